The zero-order chi connectivity index (χ0) is 21.9. The number of nitrogens with zero attached hydrogens (tertiary/aromatic N) is 4. The highest BCUT2D eigenvalue weighted by Crippen LogP contribution is 2.31. The third kappa shape index (κ3) is 5.75. The molecule has 3 rings (SSSR count). The van der Waals surface area contributed by atoms with Crippen LogP contribution in [0.3, 0.4) is 0 Å². The van der Waals surface area contributed by atoms with Crippen LogP contribution in [0.4, 0.5) is 32.0 Å². The van der Waals surface area contributed by atoms with Gasteiger partial charge in [0.15, 0.2) is 12.4 Å². The number of benzene rings is 1. The van der Waals surface area contributed by atoms with Crippen LogP contribution in [0, 0.1) is 0 Å². The maximum absolute atomic E-state index is 12.7. The predicted octanol–water partition coefficient (Wildman–Crippen LogP) is 3.95. The van der Waals surface area contributed by atoms with E-state index in [-0.39, 0.29) is 23.9 Å². The molecule has 3 aromatic rings. The molecular weight excluding hydrogens is 420 g/mol. The van der Waals surface area contributed by atoms with Gasteiger partial charge in [-0.15, -0.1) is 0 Å². The molecule has 0 aliphatic heterocycles. The first-order chi connectivity index (χ1) is 14.0. The Morgan fingerprint density at radius 3 is 2.57 bits per heavy atom. The van der Waals surface area contributed by atoms with Crippen LogP contribution < -0.4 is 10.1 Å². The Kier molecular flexibility index (Phi) is 5.71. The van der Waals surface area contributed by atoms with Gasteiger partial charge in [0.25, 0.3) is 5.91 Å². The number of rotatable bonds is 6. The average Bonchev–Trinajstić information content (AvgIpc) is 3.27. The van der Waals surface area contributed by atoms with Crippen LogP contribution in [-0.2, 0) is 19.5 Å². The maximum atomic E-state index is 12.7. The van der Waals surface area contributed by atoms with Crippen LogP contribution in [0.1, 0.15) is 16.1 Å². The van der Waals surface area contributed by atoms with Crippen LogP contribution in [0.5, 0.6) is 5.75 Å². The van der Waals surface area contributed by atoms with Gasteiger partial charge >= 0.3 is 12.4 Å². The minimum atomic E-state index is -4.51. The Morgan fingerprint density at radius 1 is 1.10 bits per heavy atom. The van der Waals surface area contributed by atoms with Crippen molar-refractivity contribution in [2.45, 2.75) is 25.6 Å². The lowest BCUT2D eigenvalue weighted by molar-refractivity contribution is -0.142. The van der Waals surface area contributed by atoms with E-state index in [1.165, 1.54) is 29.1 Å². The van der Waals surface area contributed by atoms with Gasteiger partial charge in [-0.1, -0.05) is 6.07 Å². The zero-order valence-electron chi connectivity index (χ0n) is 14.9. The first-order valence-electron chi connectivity index (χ1n) is 8.24. The van der Waals surface area contributed by atoms with Crippen molar-refractivity contribution in [2.75, 3.05) is 5.32 Å². The average molecular weight is 433 g/mol. The fourth-order valence-corrected chi connectivity index (χ4v) is 2.35. The summed E-state index contributed by atoms with van der Waals surface area (Å²) < 4.78 is 82.1. The molecule has 30 heavy (non-hydrogen) atoms. The van der Waals surface area contributed by atoms with Crippen molar-refractivity contribution in [3.05, 3.63) is 60.2 Å². The molecule has 1 N–H and O–H groups in total. The van der Waals surface area contributed by atoms with Gasteiger partial charge in [-0.3, -0.25) is 9.48 Å². The highest BCUT2D eigenvalue weighted by atomic mass is 19.4. The van der Waals surface area contributed by atoms with Crippen LogP contribution in [0.2, 0.25) is 0 Å². The number of carbonyl (C=O) groups excluding carboxylic acids is 1. The standard InChI is InChI=1S/C17H13F6N5O2/c18-16(19,20)9-28-8-12(7-24-28)25-15(29)14-4-5-27(26-14)10-30-13-3-1-2-11(6-13)17(21,22)23/h1-8H,9-10H2,(H,25,29). The molecule has 0 saturated carbocycles. The van der Waals surface area contributed by atoms with E-state index in [1.807, 2.05) is 0 Å². The molecule has 0 radical (unpaired) electrons. The highest BCUT2D eigenvalue weighted by molar-refractivity contribution is 6.02. The number of amides is 1. The lowest BCUT2D eigenvalue weighted by Gasteiger charge is -2.10. The summed E-state index contributed by atoms with van der Waals surface area (Å²) in [6.07, 6.45) is -5.54. The molecule has 0 aliphatic rings. The van der Waals surface area contributed by atoms with Gasteiger partial charge in [0.2, 0.25) is 0 Å². The number of carbonyl (C=O) groups is 1. The fourth-order valence-electron chi connectivity index (χ4n) is 2.35. The number of anilines is 1. The van der Waals surface area contributed by atoms with Crippen molar-refractivity contribution in [3.8, 4) is 5.75 Å². The van der Waals surface area contributed by atoms with E-state index in [1.54, 1.807) is 0 Å². The number of hydrogen-bond acceptors (Lipinski definition) is 4. The van der Waals surface area contributed by atoms with Gasteiger partial charge in [0.05, 0.1) is 17.4 Å². The summed E-state index contributed by atoms with van der Waals surface area (Å²) in [5.74, 6) is -0.747. The van der Waals surface area contributed by atoms with E-state index >= 15 is 0 Å². The highest BCUT2D eigenvalue weighted by Gasteiger charge is 2.30. The van der Waals surface area contributed by atoms with Crippen molar-refractivity contribution in [1.29, 1.82) is 0 Å². The molecule has 0 saturated heterocycles. The second kappa shape index (κ2) is 8.08. The molecule has 13 heteroatoms. The van der Waals surface area contributed by atoms with Gasteiger partial charge in [0, 0.05) is 12.4 Å². The SMILES string of the molecule is O=C(Nc1cnn(CC(F)(F)F)c1)c1ccn(COc2cccc(C(F)(F)F)c2)n1. The molecule has 7 nitrogen and oxygen atoms in total. The summed E-state index contributed by atoms with van der Waals surface area (Å²) in [6, 6.07) is 5.57. The first kappa shape index (κ1) is 21.2. The second-order valence-electron chi connectivity index (χ2n) is 6.04. The van der Waals surface area contributed by atoms with Crippen LogP contribution in [-0.4, -0.2) is 31.6 Å². The van der Waals surface area contributed by atoms with Crippen molar-refractivity contribution >= 4 is 11.6 Å². The lowest BCUT2D eigenvalue weighted by Crippen LogP contribution is -2.18. The van der Waals surface area contributed by atoms with Crippen LogP contribution in [0.25, 0.3) is 0 Å². The van der Waals surface area contributed by atoms with E-state index in [0.717, 1.165) is 24.5 Å². The molecule has 0 atom stereocenters. The van der Waals surface area contributed by atoms with Gasteiger partial charge < -0.3 is 10.1 Å². The largest absolute Gasteiger partial charge is 0.471 e. The molecule has 0 spiro atoms. The van der Waals surface area contributed by atoms with Crippen LogP contribution in [0.15, 0.2) is 48.9 Å². The summed E-state index contributed by atoms with van der Waals surface area (Å²) in [5.41, 5.74) is -0.906. The molecule has 1 aromatic carbocycles. The summed E-state index contributed by atoms with van der Waals surface area (Å²) in [7, 11) is 0. The predicted molar refractivity (Wildman–Crippen MR) is 90.5 cm³/mol. The van der Waals surface area contributed by atoms with E-state index in [2.05, 4.69) is 15.5 Å². The van der Waals surface area contributed by atoms with Crippen molar-refractivity contribution < 1.29 is 35.9 Å². The summed E-state index contributed by atoms with van der Waals surface area (Å²) in [5, 5.41) is 9.75. The van der Waals surface area contributed by atoms with Crippen molar-refractivity contribution in [2.24, 2.45) is 0 Å². The van der Waals surface area contributed by atoms with Crippen molar-refractivity contribution in [3.63, 3.8) is 0 Å². The number of hydrogen-bond donors (Lipinski definition) is 1. The fraction of sp³-hybridized carbons (Fsp3) is 0.235. The molecule has 1 amide bonds. The Hall–Kier alpha value is -3.51. The van der Waals surface area contributed by atoms with Crippen molar-refractivity contribution in [1.82, 2.24) is 19.6 Å². The molecule has 2 aromatic heterocycles. The first-order valence-corrected chi connectivity index (χ1v) is 8.24. The molecule has 0 bridgehead atoms. The summed E-state index contributed by atoms with van der Waals surface area (Å²) in [6.45, 7) is -1.57. The normalized spacial score (nSPS) is 12.1. The Labute approximate surface area is 164 Å². The molecule has 0 aliphatic carbocycles. The monoisotopic (exact) mass is 433 g/mol. The number of halogens is 6. The van der Waals surface area contributed by atoms with E-state index in [9.17, 15) is 31.1 Å². The Balaban J connectivity index is 1.58. The minimum absolute atomic E-state index is 0.0385. The summed E-state index contributed by atoms with van der Waals surface area (Å²) in [4.78, 5) is 12.1. The van der Waals surface area contributed by atoms with Gasteiger partial charge in [-0.2, -0.15) is 36.5 Å². The van der Waals surface area contributed by atoms with E-state index < -0.39 is 30.4 Å². The quantitative estimate of drug-likeness (QED) is 0.598. The van der Waals surface area contributed by atoms with Gasteiger partial charge in [0.1, 0.15) is 12.3 Å². The molecular formula is C17H13F6N5O2. The minimum Gasteiger partial charge on any atom is -0.471 e. The second-order valence-corrected chi connectivity index (χ2v) is 6.04. The number of aromatic nitrogens is 4. The summed E-state index contributed by atoms with van der Waals surface area (Å²) >= 11 is 0. The Bertz CT molecular complexity index is 1020. The maximum Gasteiger partial charge on any atom is 0.416 e. The smallest absolute Gasteiger partial charge is 0.416 e. The van der Waals surface area contributed by atoms with E-state index in [0.29, 0.717) is 4.68 Å². The number of nitrogens with one attached hydrogen (secondary N) is 1. The van der Waals surface area contributed by atoms with Gasteiger partial charge in [-0.25, -0.2) is 4.68 Å². The topological polar surface area (TPSA) is 74.0 Å². The molecule has 2 heterocycles. The third-order valence-electron chi connectivity index (χ3n) is 3.63. The zero-order valence-corrected chi connectivity index (χ0v) is 14.9. The molecule has 160 valence electrons. The van der Waals surface area contributed by atoms with Gasteiger partial charge in [-0.05, 0) is 24.3 Å². The number of ether oxygens (including phenoxy) is 1. The molecule has 0 fully saturated rings. The van der Waals surface area contributed by atoms with Crippen LogP contribution >= 0.6 is 0 Å². The Morgan fingerprint density at radius 2 is 1.87 bits per heavy atom. The lowest BCUT2D eigenvalue weighted by atomic mass is 10.2. The number of alkyl halides is 6. The third-order valence-corrected chi connectivity index (χ3v) is 3.63. The van der Waals surface area contributed by atoms with E-state index in [4.69, 9.17) is 4.74 Å². The molecule has 0 unspecified atom stereocenters.